The van der Waals surface area contributed by atoms with Gasteiger partial charge in [0.2, 0.25) is 5.78 Å². The Kier molecular flexibility index (Phi) is 5.62. The van der Waals surface area contributed by atoms with E-state index in [2.05, 4.69) is 6.07 Å². The summed E-state index contributed by atoms with van der Waals surface area (Å²) in [5, 5.41) is 0. The molecule has 0 amide bonds. The van der Waals surface area contributed by atoms with Crippen LogP contribution >= 0.6 is 0 Å². The number of rotatable bonds is 5. The minimum Gasteiger partial charge on any atom is -0.459 e. The predicted molar refractivity (Wildman–Crippen MR) is 137 cm³/mol. The summed E-state index contributed by atoms with van der Waals surface area (Å²) in [5.41, 5.74) is 5.01. The van der Waals surface area contributed by atoms with Crippen LogP contribution in [-0.2, 0) is 29.7 Å². The zero-order chi connectivity index (χ0) is 25.7. The molecule has 0 radical (unpaired) electrons. The normalized spacial score (nSPS) is 11.5. The largest absolute Gasteiger partial charge is 0.459 e. The van der Waals surface area contributed by atoms with Crippen molar-refractivity contribution in [1.29, 1.82) is 0 Å². The molecule has 3 heterocycles. The molecule has 2 aromatic carbocycles. The van der Waals surface area contributed by atoms with Gasteiger partial charge < -0.3 is 4.74 Å². The van der Waals surface area contributed by atoms with Crippen LogP contribution in [0.15, 0.2) is 58.1 Å². The number of fused-ring (bicyclic) bond motifs is 3. The SMILES string of the molecule is Cc1ccc(-n2c(C)c(C)n3c4c(=O)n(CC(=O)OCc5ccccc5)c(=O)n(C)c4nc23)c(C)c1. The van der Waals surface area contributed by atoms with Gasteiger partial charge in [-0.15, -0.1) is 0 Å². The molecule has 0 saturated carbocycles. The van der Waals surface area contributed by atoms with E-state index < -0.39 is 23.8 Å². The van der Waals surface area contributed by atoms with Crippen LogP contribution in [0.4, 0.5) is 0 Å². The Bertz CT molecular complexity index is 1770. The fourth-order valence-corrected chi connectivity index (χ4v) is 4.65. The van der Waals surface area contributed by atoms with Crippen LogP contribution in [-0.4, -0.2) is 29.1 Å². The number of ether oxygens (including phenoxy) is 1. The average Bonchev–Trinajstić information content (AvgIpc) is 3.35. The van der Waals surface area contributed by atoms with E-state index in [0.29, 0.717) is 5.78 Å². The zero-order valence-electron chi connectivity index (χ0n) is 20.9. The summed E-state index contributed by atoms with van der Waals surface area (Å²) in [6.07, 6.45) is 0. The number of benzene rings is 2. The number of carbonyl (C=O) groups excluding carboxylic acids is 1. The van der Waals surface area contributed by atoms with E-state index in [1.54, 1.807) is 11.4 Å². The Labute approximate surface area is 206 Å². The molecule has 0 unspecified atom stereocenters. The average molecular weight is 486 g/mol. The second-order valence-electron chi connectivity index (χ2n) is 9.09. The lowest BCUT2D eigenvalue weighted by molar-refractivity contribution is -0.145. The second kappa shape index (κ2) is 8.67. The Morgan fingerprint density at radius 1 is 0.972 bits per heavy atom. The monoisotopic (exact) mass is 485 g/mol. The van der Waals surface area contributed by atoms with Crippen molar-refractivity contribution < 1.29 is 9.53 Å². The van der Waals surface area contributed by atoms with Crippen molar-refractivity contribution in [1.82, 2.24) is 23.1 Å². The molecule has 0 atom stereocenters. The summed E-state index contributed by atoms with van der Waals surface area (Å²) in [6, 6.07) is 15.4. The number of esters is 1. The van der Waals surface area contributed by atoms with Crippen LogP contribution in [0.2, 0.25) is 0 Å². The lowest BCUT2D eigenvalue weighted by Crippen LogP contribution is -2.41. The Balaban J connectivity index is 1.64. The number of aryl methyl sites for hydroxylation is 4. The van der Waals surface area contributed by atoms with Crippen molar-refractivity contribution in [3.8, 4) is 5.69 Å². The Hall–Kier alpha value is -4.40. The highest BCUT2D eigenvalue weighted by Crippen LogP contribution is 2.26. The topological polar surface area (TPSA) is 92.5 Å². The number of carbonyl (C=O) groups is 1. The van der Waals surface area contributed by atoms with Crippen molar-refractivity contribution in [2.75, 3.05) is 0 Å². The fraction of sp³-hybridized carbons (Fsp3) is 0.259. The molecule has 9 heteroatoms. The second-order valence-corrected chi connectivity index (χ2v) is 9.09. The summed E-state index contributed by atoms with van der Waals surface area (Å²) >= 11 is 0. The molecule has 0 saturated heterocycles. The molecule has 36 heavy (non-hydrogen) atoms. The molecule has 0 aliphatic carbocycles. The van der Waals surface area contributed by atoms with Gasteiger partial charge >= 0.3 is 11.7 Å². The van der Waals surface area contributed by atoms with Gasteiger partial charge in [0, 0.05) is 18.4 Å². The predicted octanol–water partition coefficient (Wildman–Crippen LogP) is 3.12. The maximum atomic E-state index is 13.6. The standard InChI is InChI=1S/C27H27N5O4/c1-16-11-12-21(17(2)13-16)31-18(3)19(4)32-23-24(28-26(31)32)29(5)27(35)30(25(23)34)14-22(33)36-15-20-9-7-6-8-10-20/h6-13H,14-15H2,1-5H3. The molecule has 0 bridgehead atoms. The van der Waals surface area contributed by atoms with E-state index in [1.807, 2.05) is 74.7 Å². The number of hydrogen-bond donors (Lipinski definition) is 0. The lowest BCUT2D eigenvalue weighted by Gasteiger charge is -2.11. The minimum atomic E-state index is -0.668. The van der Waals surface area contributed by atoms with Crippen LogP contribution in [0.3, 0.4) is 0 Å². The third kappa shape index (κ3) is 3.64. The van der Waals surface area contributed by atoms with Gasteiger partial charge in [0.1, 0.15) is 13.2 Å². The Morgan fingerprint density at radius 2 is 1.69 bits per heavy atom. The van der Waals surface area contributed by atoms with Gasteiger partial charge in [-0.25, -0.2) is 9.36 Å². The first-order valence-electron chi connectivity index (χ1n) is 11.7. The highest BCUT2D eigenvalue weighted by molar-refractivity contribution is 5.78. The zero-order valence-corrected chi connectivity index (χ0v) is 20.9. The van der Waals surface area contributed by atoms with Gasteiger partial charge in [-0.1, -0.05) is 48.0 Å². The van der Waals surface area contributed by atoms with Gasteiger partial charge in [0.05, 0.1) is 5.69 Å². The van der Waals surface area contributed by atoms with Gasteiger partial charge in [0.25, 0.3) is 5.56 Å². The third-order valence-electron chi connectivity index (χ3n) is 6.64. The molecule has 0 spiro atoms. The Morgan fingerprint density at radius 3 is 2.39 bits per heavy atom. The highest BCUT2D eigenvalue weighted by Gasteiger charge is 2.24. The molecular formula is C27H27N5O4. The molecule has 0 fully saturated rings. The van der Waals surface area contributed by atoms with Crippen molar-refractivity contribution in [2.45, 2.75) is 40.8 Å². The quantitative estimate of drug-likeness (QED) is 0.357. The van der Waals surface area contributed by atoms with E-state index in [0.717, 1.165) is 38.3 Å². The van der Waals surface area contributed by atoms with Crippen LogP contribution in [0.25, 0.3) is 22.6 Å². The molecule has 0 aliphatic heterocycles. The molecule has 0 aliphatic rings. The maximum absolute atomic E-state index is 13.6. The minimum absolute atomic E-state index is 0.0605. The summed E-state index contributed by atoms with van der Waals surface area (Å²) in [4.78, 5) is 43.9. The van der Waals surface area contributed by atoms with Crippen LogP contribution < -0.4 is 11.2 Å². The van der Waals surface area contributed by atoms with E-state index >= 15 is 0 Å². The number of imidazole rings is 2. The highest BCUT2D eigenvalue weighted by atomic mass is 16.5. The first kappa shape index (κ1) is 23.3. The number of nitrogens with zero attached hydrogens (tertiary/aromatic N) is 5. The molecule has 5 rings (SSSR count). The fourth-order valence-electron chi connectivity index (χ4n) is 4.65. The van der Waals surface area contributed by atoms with Crippen molar-refractivity contribution >= 4 is 22.9 Å². The van der Waals surface area contributed by atoms with Gasteiger partial charge in [0.15, 0.2) is 11.2 Å². The van der Waals surface area contributed by atoms with Crippen molar-refractivity contribution in [2.24, 2.45) is 7.05 Å². The van der Waals surface area contributed by atoms with Crippen molar-refractivity contribution in [3.63, 3.8) is 0 Å². The maximum Gasteiger partial charge on any atom is 0.333 e. The smallest absolute Gasteiger partial charge is 0.333 e. The summed E-state index contributed by atoms with van der Waals surface area (Å²) < 4.78 is 11.3. The lowest BCUT2D eigenvalue weighted by atomic mass is 10.1. The van der Waals surface area contributed by atoms with E-state index in [1.165, 1.54) is 4.57 Å². The number of aromatic nitrogens is 5. The van der Waals surface area contributed by atoms with E-state index in [9.17, 15) is 14.4 Å². The molecule has 9 nitrogen and oxygen atoms in total. The third-order valence-corrected chi connectivity index (χ3v) is 6.64. The van der Waals surface area contributed by atoms with Crippen LogP contribution in [0, 0.1) is 27.7 Å². The van der Waals surface area contributed by atoms with E-state index in [-0.39, 0.29) is 17.8 Å². The van der Waals surface area contributed by atoms with E-state index in [4.69, 9.17) is 9.72 Å². The molecule has 5 aromatic rings. The first-order valence-corrected chi connectivity index (χ1v) is 11.7. The molecular weight excluding hydrogens is 458 g/mol. The molecule has 184 valence electrons. The molecule has 0 N–H and O–H groups in total. The van der Waals surface area contributed by atoms with Crippen LogP contribution in [0.1, 0.15) is 28.1 Å². The summed E-state index contributed by atoms with van der Waals surface area (Å²) in [5.74, 6) is -0.137. The van der Waals surface area contributed by atoms with Gasteiger partial charge in [-0.05, 0) is 44.9 Å². The van der Waals surface area contributed by atoms with Crippen molar-refractivity contribution in [3.05, 3.63) is 97.4 Å². The van der Waals surface area contributed by atoms with Crippen LogP contribution in [0.5, 0.6) is 0 Å². The number of hydrogen-bond acceptors (Lipinski definition) is 5. The summed E-state index contributed by atoms with van der Waals surface area (Å²) in [7, 11) is 1.55. The van der Waals surface area contributed by atoms with Gasteiger partial charge in [-0.3, -0.25) is 23.1 Å². The first-order chi connectivity index (χ1) is 17.2. The summed E-state index contributed by atoms with van der Waals surface area (Å²) in [6.45, 7) is 7.51. The molecule has 3 aromatic heterocycles. The van der Waals surface area contributed by atoms with Gasteiger partial charge in [-0.2, -0.15) is 4.98 Å².